The minimum absolute atomic E-state index is 0.438. The number of hydrogen-bond acceptors (Lipinski definition) is 4. The van der Waals surface area contributed by atoms with E-state index in [0.717, 1.165) is 37.4 Å². The number of pyridine rings is 1. The maximum absolute atomic E-state index is 11.5. The Labute approximate surface area is 113 Å². The van der Waals surface area contributed by atoms with Crippen molar-refractivity contribution in [3.8, 4) is 0 Å². The standard InChI is InChI=1S/C14H20N4O/c1-9-7-12(13(14(15)19)10(2)18-9)17-8-11-3-5-16-6-4-11/h3,7,16H,4-6,8H2,1-2H3,(H2,15,19)(H,17,18). The van der Waals surface area contributed by atoms with Crippen LogP contribution in [0.1, 0.15) is 28.2 Å². The number of anilines is 1. The fraction of sp³-hybridized carbons (Fsp3) is 0.429. The van der Waals surface area contributed by atoms with Gasteiger partial charge < -0.3 is 16.4 Å². The number of hydrogen-bond donors (Lipinski definition) is 3. The fourth-order valence-electron chi connectivity index (χ4n) is 2.32. The number of aromatic nitrogens is 1. The maximum atomic E-state index is 11.5. The number of carbonyl (C=O) groups is 1. The third-order valence-electron chi connectivity index (χ3n) is 3.24. The van der Waals surface area contributed by atoms with Gasteiger partial charge in [-0.3, -0.25) is 9.78 Å². The number of nitrogens with one attached hydrogen (secondary N) is 2. The Balaban J connectivity index is 2.19. The number of aryl methyl sites for hydroxylation is 2. The normalized spacial score (nSPS) is 14.9. The molecule has 2 heterocycles. The van der Waals surface area contributed by atoms with Gasteiger partial charge in [-0.1, -0.05) is 11.6 Å². The van der Waals surface area contributed by atoms with Crippen LogP contribution >= 0.6 is 0 Å². The molecule has 4 N–H and O–H groups in total. The molecule has 1 aromatic heterocycles. The van der Waals surface area contributed by atoms with Crippen molar-refractivity contribution in [2.75, 3.05) is 25.0 Å². The highest BCUT2D eigenvalue weighted by atomic mass is 16.1. The van der Waals surface area contributed by atoms with Gasteiger partial charge in [-0.15, -0.1) is 0 Å². The predicted molar refractivity (Wildman–Crippen MR) is 76.3 cm³/mol. The van der Waals surface area contributed by atoms with Crippen LogP contribution in [0.15, 0.2) is 17.7 Å². The van der Waals surface area contributed by atoms with E-state index in [0.29, 0.717) is 11.3 Å². The summed E-state index contributed by atoms with van der Waals surface area (Å²) in [5.41, 5.74) is 9.59. The molecule has 19 heavy (non-hydrogen) atoms. The van der Waals surface area contributed by atoms with Gasteiger partial charge in [-0.2, -0.15) is 0 Å². The number of nitrogens with two attached hydrogens (primary N) is 1. The van der Waals surface area contributed by atoms with Crippen molar-refractivity contribution in [2.45, 2.75) is 20.3 Å². The molecule has 0 fully saturated rings. The molecule has 0 saturated heterocycles. The van der Waals surface area contributed by atoms with Crippen LogP contribution in [-0.4, -0.2) is 30.5 Å². The summed E-state index contributed by atoms with van der Waals surface area (Å²) < 4.78 is 0. The molecule has 0 bridgehead atoms. The largest absolute Gasteiger partial charge is 0.381 e. The Morgan fingerprint density at radius 2 is 2.32 bits per heavy atom. The first kappa shape index (κ1) is 13.5. The van der Waals surface area contributed by atoms with Crippen LogP contribution in [-0.2, 0) is 0 Å². The average molecular weight is 260 g/mol. The number of amides is 1. The smallest absolute Gasteiger partial charge is 0.252 e. The van der Waals surface area contributed by atoms with Crippen LogP contribution in [0.25, 0.3) is 0 Å². The highest BCUT2D eigenvalue weighted by molar-refractivity contribution is 5.99. The minimum Gasteiger partial charge on any atom is -0.381 e. The molecule has 1 aliphatic heterocycles. The Kier molecular flexibility index (Phi) is 4.16. The van der Waals surface area contributed by atoms with E-state index < -0.39 is 5.91 Å². The Hall–Kier alpha value is -1.88. The third-order valence-corrected chi connectivity index (χ3v) is 3.24. The van der Waals surface area contributed by atoms with Gasteiger partial charge >= 0.3 is 0 Å². The maximum Gasteiger partial charge on any atom is 0.252 e. The molecule has 5 nitrogen and oxygen atoms in total. The average Bonchev–Trinajstić information content (AvgIpc) is 2.36. The van der Waals surface area contributed by atoms with Crippen LogP contribution in [0.2, 0.25) is 0 Å². The molecule has 0 spiro atoms. The summed E-state index contributed by atoms with van der Waals surface area (Å²) in [6, 6.07) is 1.87. The summed E-state index contributed by atoms with van der Waals surface area (Å²) in [5.74, 6) is -0.438. The van der Waals surface area contributed by atoms with E-state index in [2.05, 4.69) is 21.7 Å². The van der Waals surface area contributed by atoms with E-state index in [1.54, 1.807) is 0 Å². The first-order chi connectivity index (χ1) is 9.08. The quantitative estimate of drug-likeness (QED) is 0.709. The van der Waals surface area contributed by atoms with Crippen molar-refractivity contribution >= 4 is 11.6 Å². The van der Waals surface area contributed by atoms with Gasteiger partial charge in [0, 0.05) is 18.8 Å². The number of rotatable bonds is 4. The highest BCUT2D eigenvalue weighted by Gasteiger charge is 2.14. The molecule has 1 amide bonds. The van der Waals surface area contributed by atoms with Crippen molar-refractivity contribution < 1.29 is 4.79 Å². The van der Waals surface area contributed by atoms with E-state index in [9.17, 15) is 4.79 Å². The zero-order valence-electron chi connectivity index (χ0n) is 11.4. The molecular formula is C14H20N4O. The molecule has 0 atom stereocenters. The number of nitrogens with zero attached hydrogens (tertiary/aromatic N) is 1. The lowest BCUT2D eigenvalue weighted by Gasteiger charge is -2.17. The van der Waals surface area contributed by atoms with Crippen LogP contribution < -0.4 is 16.4 Å². The molecule has 1 aliphatic rings. The summed E-state index contributed by atoms with van der Waals surface area (Å²) >= 11 is 0. The second-order valence-electron chi connectivity index (χ2n) is 4.81. The Bertz CT molecular complexity index is 522. The van der Waals surface area contributed by atoms with Gasteiger partial charge in [-0.25, -0.2) is 0 Å². The van der Waals surface area contributed by atoms with Gasteiger partial charge in [0.15, 0.2) is 0 Å². The van der Waals surface area contributed by atoms with Crippen molar-refractivity contribution in [3.05, 3.63) is 34.7 Å². The van der Waals surface area contributed by atoms with Crippen molar-refractivity contribution in [3.63, 3.8) is 0 Å². The topological polar surface area (TPSA) is 80.0 Å². The van der Waals surface area contributed by atoms with Gasteiger partial charge in [0.25, 0.3) is 5.91 Å². The Morgan fingerprint density at radius 1 is 1.53 bits per heavy atom. The number of carbonyl (C=O) groups excluding carboxylic acids is 1. The van der Waals surface area contributed by atoms with Crippen LogP contribution in [0.4, 0.5) is 5.69 Å². The van der Waals surface area contributed by atoms with Crippen LogP contribution in [0.5, 0.6) is 0 Å². The molecular weight excluding hydrogens is 240 g/mol. The molecule has 1 aromatic rings. The predicted octanol–water partition coefficient (Wildman–Crippen LogP) is 1.13. The van der Waals surface area contributed by atoms with Gasteiger partial charge in [0.2, 0.25) is 0 Å². The van der Waals surface area contributed by atoms with Crippen molar-refractivity contribution in [1.29, 1.82) is 0 Å². The fourth-order valence-corrected chi connectivity index (χ4v) is 2.32. The summed E-state index contributed by atoms with van der Waals surface area (Å²) in [5, 5.41) is 6.58. The van der Waals surface area contributed by atoms with Crippen molar-refractivity contribution in [1.82, 2.24) is 10.3 Å². The van der Waals surface area contributed by atoms with Gasteiger partial charge in [0.05, 0.1) is 16.9 Å². The SMILES string of the molecule is Cc1cc(NCC2=CCNCC2)c(C(N)=O)c(C)n1. The van der Waals surface area contributed by atoms with Crippen LogP contribution in [0, 0.1) is 13.8 Å². The zero-order chi connectivity index (χ0) is 13.8. The van der Waals surface area contributed by atoms with E-state index in [1.165, 1.54) is 5.57 Å². The second-order valence-corrected chi connectivity index (χ2v) is 4.81. The monoisotopic (exact) mass is 260 g/mol. The molecule has 0 saturated carbocycles. The van der Waals surface area contributed by atoms with Gasteiger partial charge in [-0.05, 0) is 32.9 Å². The number of primary amides is 1. The van der Waals surface area contributed by atoms with Gasteiger partial charge in [0.1, 0.15) is 0 Å². The van der Waals surface area contributed by atoms with E-state index >= 15 is 0 Å². The summed E-state index contributed by atoms with van der Waals surface area (Å²) in [6.07, 6.45) is 3.21. The van der Waals surface area contributed by atoms with Crippen molar-refractivity contribution in [2.24, 2.45) is 5.73 Å². The summed E-state index contributed by atoms with van der Waals surface area (Å²) in [6.45, 7) is 6.37. The third kappa shape index (κ3) is 3.32. The first-order valence-corrected chi connectivity index (χ1v) is 6.48. The minimum atomic E-state index is -0.438. The molecule has 0 radical (unpaired) electrons. The second kappa shape index (κ2) is 5.84. The van der Waals surface area contributed by atoms with E-state index in [-0.39, 0.29) is 0 Å². The summed E-state index contributed by atoms with van der Waals surface area (Å²) in [7, 11) is 0. The molecule has 102 valence electrons. The van der Waals surface area contributed by atoms with E-state index in [4.69, 9.17) is 5.73 Å². The zero-order valence-corrected chi connectivity index (χ0v) is 11.4. The molecule has 5 heteroatoms. The van der Waals surface area contributed by atoms with E-state index in [1.807, 2.05) is 19.9 Å². The first-order valence-electron chi connectivity index (χ1n) is 6.48. The lowest BCUT2D eigenvalue weighted by molar-refractivity contribution is 0.1000. The molecule has 0 unspecified atom stereocenters. The Morgan fingerprint density at radius 3 is 2.95 bits per heavy atom. The van der Waals surface area contributed by atoms with Crippen LogP contribution in [0.3, 0.4) is 0 Å². The lowest BCUT2D eigenvalue weighted by atomic mass is 10.1. The molecule has 0 aromatic carbocycles. The molecule has 0 aliphatic carbocycles. The summed E-state index contributed by atoms with van der Waals surface area (Å²) in [4.78, 5) is 15.8. The lowest BCUT2D eigenvalue weighted by Crippen LogP contribution is -2.24. The molecule has 2 rings (SSSR count). The highest BCUT2D eigenvalue weighted by Crippen LogP contribution is 2.20.